The predicted molar refractivity (Wildman–Crippen MR) is 82.3 cm³/mol. The van der Waals surface area contributed by atoms with Crippen molar-refractivity contribution in [2.45, 2.75) is 0 Å². The fourth-order valence-corrected chi connectivity index (χ4v) is 1.77. The van der Waals surface area contributed by atoms with E-state index in [9.17, 15) is 10.1 Å². The second-order valence-corrected chi connectivity index (χ2v) is 4.27. The standard InChI is InChI=1S/C14H12N5O4/c1-22-13-8-12(14(23-2)7-11(13)16-15)18-17-9-3-5-10(6-4-9)19(20)21/h3-8H,1-2H3/q-1. The van der Waals surface area contributed by atoms with Gasteiger partial charge in [-0.3, -0.25) is 10.1 Å². The van der Waals surface area contributed by atoms with Gasteiger partial charge in [-0.05, 0) is 12.1 Å². The number of benzene rings is 2. The van der Waals surface area contributed by atoms with Gasteiger partial charge in [-0.15, -0.1) is 5.11 Å². The van der Waals surface area contributed by atoms with Gasteiger partial charge in [0.15, 0.2) is 0 Å². The Morgan fingerprint density at radius 3 is 2.09 bits per heavy atom. The highest BCUT2D eigenvalue weighted by Gasteiger charge is 2.09. The van der Waals surface area contributed by atoms with Gasteiger partial charge in [0.05, 0.1) is 30.5 Å². The Kier molecular flexibility index (Phi) is 4.92. The molecule has 9 nitrogen and oxygen atoms in total. The second kappa shape index (κ2) is 7.07. The van der Waals surface area contributed by atoms with Crippen LogP contribution < -0.4 is 9.47 Å². The zero-order chi connectivity index (χ0) is 16.8. The first-order chi connectivity index (χ1) is 11.1. The predicted octanol–water partition coefficient (Wildman–Crippen LogP) is 4.68. The molecule has 0 saturated carbocycles. The maximum atomic E-state index is 10.6. The Hall–Kier alpha value is -3.36. The first-order valence-corrected chi connectivity index (χ1v) is 6.36. The van der Waals surface area contributed by atoms with Crippen LogP contribution in [-0.4, -0.2) is 19.1 Å². The summed E-state index contributed by atoms with van der Waals surface area (Å²) in [4.78, 5) is 10.1. The average Bonchev–Trinajstić information content (AvgIpc) is 2.59. The third kappa shape index (κ3) is 3.64. The van der Waals surface area contributed by atoms with E-state index in [4.69, 9.17) is 15.0 Å². The summed E-state index contributed by atoms with van der Waals surface area (Å²) in [6, 6.07) is 8.57. The van der Waals surface area contributed by atoms with E-state index < -0.39 is 4.92 Å². The molecule has 0 unspecified atom stereocenters. The van der Waals surface area contributed by atoms with Gasteiger partial charge < -0.3 is 20.1 Å². The second-order valence-electron chi connectivity index (χ2n) is 4.27. The quantitative estimate of drug-likeness (QED) is 0.436. The van der Waals surface area contributed by atoms with Gasteiger partial charge in [0, 0.05) is 24.3 Å². The van der Waals surface area contributed by atoms with Crippen LogP contribution >= 0.6 is 0 Å². The van der Waals surface area contributed by atoms with Crippen molar-refractivity contribution in [3.63, 3.8) is 0 Å². The van der Waals surface area contributed by atoms with Crippen molar-refractivity contribution in [3.05, 3.63) is 52.0 Å². The molecule has 0 radical (unpaired) electrons. The molecule has 9 heteroatoms. The fraction of sp³-hybridized carbons (Fsp3) is 0.143. The molecule has 0 bridgehead atoms. The highest BCUT2D eigenvalue weighted by atomic mass is 16.6. The van der Waals surface area contributed by atoms with Crippen LogP contribution in [0.1, 0.15) is 0 Å². The van der Waals surface area contributed by atoms with Gasteiger partial charge in [-0.1, -0.05) is 0 Å². The molecule has 0 spiro atoms. The molecule has 0 heterocycles. The zero-order valence-corrected chi connectivity index (χ0v) is 12.3. The maximum Gasteiger partial charge on any atom is 0.269 e. The molecule has 0 fully saturated rings. The van der Waals surface area contributed by atoms with Gasteiger partial charge in [0.2, 0.25) is 0 Å². The van der Waals surface area contributed by atoms with Crippen molar-refractivity contribution in [3.8, 4) is 11.5 Å². The van der Waals surface area contributed by atoms with Crippen LogP contribution in [0.25, 0.3) is 5.53 Å². The molecule has 2 rings (SSSR count). The first kappa shape index (κ1) is 16.0. The number of hydrogen-bond acceptors (Lipinski definition) is 7. The van der Waals surface area contributed by atoms with E-state index in [-0.39, 0.29) is 11.4 Å². The van der Waals surface area contributed by atoms with Crippen LogP contribution in [0.15, 0.2) is 51.7 Å². The molecule has 0 aliphatic carbocycles. The molecular weight excluding hydrogens is 302 g/mol. The molecule has 2 aromatic rings. The molecule has 0 aromatic heterocycles. The maximum absolute atomic E-state index is 10.6. The SMILES string of the molecule is COc1cc(N=Nc2ccc([N+](=O)[O-])cc2)c(OC)cc1N=[N-]. The van der Waals surface area contributed by atoms with Crippen molar-refractivity contribution >= 4 is 22.7 Å². The monoisotopic (exact) mass is 314 g/mol. The van der Waals surface area contributed by atoms with Crippen molar-refractivity contribution in [1.29, 1.82) is 0 Å². The van der Waals surface area contributed by atoms with Crippen LogP contribution in [0.4, 0.5) is 22.7 Å². The summed E-state index contributed by atoms with van der Waals surface area (Å²) in [7, 11) is 2.86. The number of methoxy groups -OCH3 is 2. The van der Waals surface area contributed by atoms with Crippen LogP contribution in [0.3, 0.4) is 0 Å². The summed E-state index contributed by atoms with van der Waals surface area (Å²) < 4.78 is 10.2. The highest BCUT2D eigenvalue weighted by molar-refractivity contribution is 5.66. The van der Waals surface area contributed by atoms with Crippen molar-refractivity contribution in [2.75, 3.05) is 14.2 Å². The normalized spacial score (nSPS) is 10.5. The minimum atomic E-state index is -0.494. The summed E-state index contributed by atoms with van der Waals surface area (Å²) in [6.07, 6.45) is 0. The van der Waals surface area contributed by atoms with Gasteiger partial charge in [0.1, 0.15) is 17.2 Å². The molecule has 0 amide bonds. The number of hydrogen-bond donors (Lipinski definition) is 0. The van der Waals surface area contributed by atoms with E-state index in [0.29, 0.717) is 22.9 Å². The van der Waals surface area contributed by atoms with Gasteiger partial charge in [-0.25, -0.2) is 0 Å². The number of nitro benzene ring substituents is 1. The number of azo groups is 1. The van der Waals surface area contributed by atoms with E-state index in [1.807, 2.05) is 0 Å². The third-order valence-corrected chi connectivity index (χ3v) is 2.92. The molecule has 0 N–H and O–H groups in total. The van der Waals surface area contributed by atoms with E-state index in [0.717, 1.165) is 0 Å². The van der Waals surface area contributed by atoms with E-state index in [1.165, 1.54) is 50.6 Å². The van der Waals surface area contributed by atoms with E-state index >= 15 is 0 Å². The summed E-state index contributed by atoms with van der Waals surface area (Å²) in [5.74, 6) is 0.634. The molecule has 0 aliphatic heterocycles. The molecule has 0 atom stereocenters. The van der Waals surface area contributed by atoms with Gasteiger partial charge in [0.25, 0.3) is 5.69 Å². The molecular formula is C14H12N5O4-. The average molecular weight is 314 g/mol. The van der Waals surface area contributed by atoms with Gasteiger partial charge >= 0.3 is 0 Å². The molecule has 23 heavy (non-hydrogen) atoms. The zero-order valence-electron chi connectivity index (χ0n) is 12.3. The number of non-ortho nitro benzene ring substituents is 1. The smallest absolute Gasteiger partial charge is 0.269 e. The number of nitro groups is 1. The Labute approximate surface area is 131 Å². The van der Waals surface area contributed by atoms with Crippen molar-refractivity contribution in [1.82, 2.24) is 0 Å². The lowest BCUT2D eigenvalue weighted by Gasteiger charge is -2.10. The lowest BCUT2D eigenvalue weighted by atomic mass is 10.2. The molecule has 0 saturated heterocycles. The Balaban J connectivity index is 2.34. The van der Waals surface area contributed by atoms with E-state index in [2.05, 4.69) is 15.3 Å². The summed E-state index contributed by atoms with van der Waals surface area (Å²) in [6.45, 7) is 0. The van der Waals surface area contributed by atoms with Crippen LogP contribution in [0.2, 0.25) is 0 Å². The van der Waals surface area contributed by atoms with Gasteiger partial charge in [-0.2, -0.15) is 5.11 Å². The Morgan fingerprint density at radius 2 is 1.57 bits per heavy atom. The highest BCUT2D eigenvalue weighted by Crippen LogP contribution is 2.40. The lowest BCUT2D eigenvalue weighted by Crippen LogP contribution is -1.87. The summed E-state index contributed by atoms with van der Waals surface area (Å²) in [5, 5.41) is 21.7. The fourth-order valence-electron chi connectivity index (χ4n) is 1.77. The minimum absolute atomic E-state index is 0.0305. The van der Waals surface area contributed by atoms with Crippen LogP contribution in [0, 0.1) is 10.1 Å². The molecule has 2 aromatic carbocycles. The Bertz CT molecular complexity index is 759. The summed E-state index contributed by atoms with van der Waals surface area (Å²) in [5.41, 5.74) is 9.88. The lowest BCUT2D eigenvalue weighted by molar-refractivity contribution is -0.384. The number of nitrogens with zero attached hydrogens (tertiary/aromatic N) is 5. The van der Waals surface area contributed by atoms with Crippen LogP contribution in [-0.2, 0) is 0 Å². The van der Waals surface area contributed by atoms with E-state index in [1.54, 1.807) is 0 Å². The minimum Gasteiger partial charge on any atom is -0.706 e. The Morgan fingerprint density at radius 1 is 1.00 bits per heavy atom. The molecule has 0 aliphatic rings. The van der Waals surface area contributed by atoms with Crippen molar-refractivity contribution < 1.29 is 14.4 Å². The van der Waals surface area contributed by atoms with Crippen LogP contribution in [0.5, 0.6) is 11.5 Å². The number of rotatable bonds is 6. The first-order valence-electron chi connectivity index (χ1n) is 6.36. The van der Waals surface area contributed by atoms with Crippen molar-refractivity contribution in [2.24, 2.45) is 15.3 Å². The third-order valence-electron chi connectivity index (χ3n) is 2.92. The topological polar surface area (TPSA) is 121 Å². The number of ether oxygens (including phenoxy) is 2. The summed E-state index contributed by atoms with van der Waals surface area (Å²) >= 11 is 0. The molecule has 118 valence electrons. The largest absolute Gasteiger partial charge is 0.706 e.